The predicted octanol–water partition coefficient (Wildman–Crippen LogP) is 4.46. The number of ether oxygens (including phenoxy) is 1. The topological polar surface area (TPSA) is 67.3 Å². The molecule has 0 unspecified atom stereocenters. The Balaban J connectivity index is 1.88. The summed E-state index contributed by atoms with van der Waals surface area (Å²) in [5, 5.41) is 2.88. The van der Waals surface area contributed by atoms with Gasteiger partial charge in [-0.1, -0.05) is 42.5 Å². The van der Waals surface area contributed by atoms with E-state index in [1.807, 2.05) is 30.3 Å². The molecule has 6 nitrogen and oxygen atoms in total. The molecule has 1 heterocycles. The standard InChI is InChI=1S/C23H26N4O2/c1-16(2)27(15-18-10-6-5-7-11-18)22-14-20(24-17(3)25-22)23(28)26-19-12-8-9-13-21(19)29-4/h5-14,16H,15H2,1-4H3,(H,26,28). The number of hydrogen-bond acceptors (Lipinski definition) is 5. The van der Waals surface area contributed by atoms with Crippen LogP contribution in [0, 0.1) is 6.92 Å². The van der Waals surface area contributed by atoms with Crippen LogP contribution < -0.4 is 15.0 Å². The molecule has 29 heavy (non-hydrogen) atoms. The summed E-state index contributed by atoms with van der Waals surface area (Å²) in [7, 11) is 1.57. The lowest BCUT2D eigenvalue weighted by Gasteiger charge is -2.28. The summed E-state index contributed by atoms with van der Waals surface area (Å²) in [6.45, 7) is 6.71. The highest BCUT2D eigenvalue weighted by Crippen LogP contribution is 2.24. The Labute approximate surface area is 171 Å². The van der Waals surface area contributed by atoms with Crippen molar-refractivity contribution in [2.75, 3.05) is 17.3 Å². The van der Waals surface area contributed by atoms with E-state index in [-0.39, 0.29) is 11.9 Å². The van der Waals surface area contributed by atoms with Crippen molar-refractivity contribution >= 4 is 17.4 Å². The number of hydrogen-bond donors (Lipinski definition) is 1. The van der Waals surface area contributed by atoms with Crippen molar-refractivity contribution in [3.05, 3.63) is 77.7 Å². The quantitative estimate of drug-likeness (QED) is 0.645. The molecular weight excluding hydrogens is 364 g/mol. The maximum atomic E-state index is 12.9. The summed E-state index contributed by atoms with van der Waals surface area (Å²) in [5.74, 6) is 1.57. The van der Waals surface area contributed by atoms with Gasteiger partial charge in [-0.25, -0.2) is 9.97 Å². The Morgan fingerprint density at radius 2 is 1.76 bits per heavy atom. The minimum atomic E-state index is -0.301. The van der Waals surface area contributed by atoms with Crippen LogP contribution in [-0.4, -0.2) is 29.0 Å². The van der Waals surface area contributed by atoms with Gasteiger partial charge in [0.25, 0.3) is 5.91 Å². The Morgan fingerprint density at radius 3 is 2.45 bits per heavy atom. The molecule has 0 fully saturated rings. The summed E-state index contributed by atoms with van der Waals surface area (Å²) in [4.78, 5) is 23.9. The van der Waals surface area contributed by atoms with Gasteiger partial charge < -0.3 is 15.0 Å². The number of benzene rings is 2. The van der Waals surface area contributed by atoms with Gasteiger partial charge in [0.2, 0.25) is 0 Å². The molecule has 0 atom stereocenters. The van der Waals surface area contributed by atoms with Crippen molar-refractivity contribution in [3.63, 3.8) is 0 Å². The minimum absolute atomic E-state index is 0.203. The smallest absolute Gasteiger partial charge is 0.274 e. The second-order valence-corrected chi connectivity index (χ2v) is 7.02. The van der Waals surface area contributed by atoms with Gasteiger partial charge in [0.05, 0.1) is 12.8 Å². The van der Waals surface area contributed by atoms with Gasteiger partial charge in [0.15, 0.2) is 0 Å². The van der Waals surface area contributed by atoms with E-state index in [1.54, 1.807) is 32.2 Å². The van der Waals surface area contributed by atoms with Gasteiger partial charge >= 0.3 is 0 Å². The van der Waals surface area contributed by atoms with E-state index in [1.165, 1.54) is 5.56 Å². The van der Waals surface area contributed by atoms with Gasteiger partial charge in [-0.15, -0.1) is 0 Å². The molecule has 1 N–H and O–H groups in total. The fourth-order valence-corrected chi connectivity index (χ4v) is 3.06. The number of para-hydroxylation sites is 2. The van der Waals surface area contributed by atoms with Crippen molar-refractivity contribution in [1.82, 2.24) is 9.97 Å². The zero-order valence-corrected chi connectivity index (χ0v) is 17.2. The fraction of sp³-hybridized carbons (Fsp3) is 0.261. The van der Waals surface area contributed by atoms with Gasteiger partial charge in [0.1, 0.15) is 23.1 Å². The van der Waals surface area contributed by atoms with E-state index in [0.29, 0.717) is 29.5 Å². The number of amides is 1. The maximum absolute atomic E-state index is 12.9. The molecule has 1 aromatic heterocycles. The Morgan fingerprint density at radius 1 is 1.07 bits per heavy atom. The van der Waals surface area contributed by atoms with Gasteiger partial charge in [-0.05, 0) is 38.5 Å². The maximum Gasteiger partial charge on any atom is 0.274 e. The van der Waals surface area contributed by atoms with E-state index < -0.39 is 0 Å². The highest BCUT2D eigenvalue weighted by Gasteiger charge is 2.18. The molecule has 3 aromatic rings. The second kappa shape index (κ2) is 9.19. The van der Waals surface area contributed by atoms with Crippen LogP contribution in [0.15, 0.2) is 60.7 Å². The van der Waals surface area contributed by atoms with Crippen LogP contribution in [0.25, 0.3) is 0 Å². The first-order valence-corrected chi connectivity index (χ1v) is 9.58. The first kappa shape index (κ1) is 20.3. The zero-order valence-electron chi connectivity index (χ0n) is 17.2. The highest BCUT2D eigenvalue weighted by molar-refractivity contribution is 6.04. The monoisotopic (exact) mass is 390 g/mol. The van der Waals surface area contributed by atoms with Crippen molar-refractivity contribution in [3.8, 4) is 5.75 Å². The number of carbonyl (C=O) groups is 1. The lowest BCUT2D eigenvalue weighted by Crippen LogP contribution is -2.31. The third kappa shape index (κ3) is 5.10. The second-order valence-electron chi connectivity index (χ2n) is 7.02. The lowest BCUT2D eigenvalue weighted by molar-refractivity contribution is 0.102. The van der Waals surface area contributed by atoms with Gasteiger partial charge in [-0.2, -0.15) is 0 Å². The van der Waals surface area contributed by atoms with E-state index in [0.717, 1.165) is 5.82 Å². The van der Waals surface area contributed by atoms with E-state index in [4.69, 9.17) is 4.74 Å². The molecule has 0 saturated carbocycles. The zero-order chi connectivity index (χ0) is 20.8. The van der Waals surface area contributed by atoms with Crippen LogP contribution in [0.4, 0.5) is 11.5 Å². The normalized spacial score (nSPS) is 10.7. The third-order valence-corrected chi connectivity index (χ3v) is 4.53. The highest BCUT2D eigenvalue weighted by atomic mass is 16.5. The first-order valence-electron chi connectivity index (χ1n) is 9.58. The summed E-state index contributed by atoms with van der Waals surface area (Å²) in [5.41, 5.74) is 2.09. The number of aryl methyl sites for hydroxylation is 1. The van der Waals surface area contributed by atoms with Crippen molar-refractivity contribution in [2.45, 2.75) is 33.4 Å². The average Bonchev–Trinajstić information content (AvgIpc) is 2.72. The van der Waals surface area contributed by atoms with Gasteiger partial charge in [-0.3, -0.25) is 4.79 Å². The van der Waals surface area contributed by atoms with Crippen molar-refractivity contribution in [2.24, 2.45) is 0 Å². The molecule has 0 aliphatic carbocycles. The first-order chi connectivity index (χ1) is 14.0. The molecule has 150 valence electrons. The van der Waals surface area contributed by atoms with Crippen LogP contribution in [0.1, 0.15) is 35.7 Å². The largest absolute Gasteiger partial charge is 0.495 e. The number of aromatic nitrogens is 2. The molecule has 0 saturated heterocycles. The SMILES string of the molecule is COc1ccccc1NC(=O)c1cc(N(Cc2ccccc2)C(C)C)nc(C)n1. The minimum Gasteiger partial charge on any atom is -0.495 e. The Kier molecular flexibility index (Phi) is 6.44. The summed E-state index contributed by atoms with van der Waals surface area (Å²) in [6, 6.07) is 19.4. The van der Waals surface area contributed by atoms with E-state index in [9.17, 15) is 4.79 Å². The molecule has 3 rings (SSSR count). The molecule has 0 bridgehead atoms. The van der Waals surface area contributed by atoms with Crippen LogP contribution in [0.3, 0.4) is 0 Å². The van der Waals surface area contributed by atoms with E-state index >= 15 is 0 Å². The van der Waals surface area contributed by atoms with Gasteiger partial charge in [0, 0.05) is 18.7 Å². The van der Waals surface area contributed by atoms with Crippen LogP contribution in [0.2, 0.25) is 0 Å². The van der Waals surface area contributed by atoms with Crippen LogP contribution in [-0.2, 0) is 6.54 Å². The third-order valence-electron chi connectivity index (χ3n) is 4.53. The van der Waals surface area contributed by atoms with Crippen LogP contribution in [0.5, 0.6) is 5.75 Å². The molecule has 0 spiro atoms. The number of nitrogens with zero attached hydrogens (tertiary/aromatic N) is 3. The Bertz CT molecular complexity index is 974. The van der Waals surface area contributed by atoms with Crippen molar-refractivity contribution in [1.29, 1.82) is 0 Å². The predicted molar refractivity (Wildman–Crippen MR) is 115 cm³/mol. The summed E-state index contributed by atoms with van der Waals surface area (Å²) < 4.78 is 5.31. The van der Waals surface area contributed by atoms with E-state index in [2.05, 4.69) is 46.2 Å². The molecule has 1 amide bonds. The molecule has 0 radical (unpaired) electrons. The average molecular weight is 390 g/mol. The molecule has 6 heteroatoms. The molecule has 0 aliphatic rings. The molecule has 0 aliphatic heterocycles. The van der Waals surface area contributed by atoms with Crippen LogP contribution >= 0.6 is 0 Å². The number of methoxy groups -OCH3 is 1. The summed E-state index contributed by atoms with van der Waals surface area (Å²) >= 11 is 0. The number of rotatable bonds is 7. The summed E-state index contributed by atoms with van der Waals surface area (Å²) in [6.07, 6.45) is 0. The Hall–Kier alpha value is -3.41. The van der Waals surface area contributed by atoms with Crippen molar-refractivity contribution < 1.29 is 9.53 Å². The molecule has 2 aromatic carbocycles. The lowest BCUT2D eigenvalue weighted by atomic mass is 10.2. The fourth-order valence-electron chi connectivity index (χ4n) is 3.06. The number of nitrogens with one attached hydrogen (secondary N) is 1. The number of anilines is 2. The number of carbonyl (C=O) groups excluding carboxylic acids is 1. The molecular formula is C23H26N4O2.